The van der Waals surface area contributed by atoms with Crippen molar-refractivity contribution < 1.29 is 40.6 Å². The molecule has 1 aliphatic heterocycles. The van der Waals surface area contributed by atoms with Gasteiger partial charge in [0, 0.05) is 33.8 Å². The first kappa shape index (κ1) is 28.5. The molecule has 0 saturated heterocycles. The number of rotatable bonds is 7. The third-order valence-electron chi connectivity index (χ3n) is 6.13. The number of alkyl halides is 3. The first-order valence-electron chi connectivity index (χ1n) is 11.9. The molecule has 15 heteroatoms. The predicted octanol–water partition coefficient (Wildman–Crippen LogP) is 4.48. The number of pyridine rings is 3. The van der Waals surface area contributed by atoms with Crippen LogP contribution in [0, 0.1) is 0 Å². The van der Waals surface area contributed by atoms with Gasteiger partial charge in [0.05, 0.1) is 54.2 Å². The molecule has 3 aromatic heterocycles. The van der Waals surface area contributed by atoms with Crippen LogP contribution in [0.25, 0.3) is 22.2 Å². The molecule has 4 heterocycles. The molecular weight excluding hydrogens is 589 g/mol. The van der Waals surface area contributed by atoms with Crippen molar-refractivity contribution in [3.8, 4) is 23.0 Å². The minimum absolute atomic E-state index is 0.0311. The SMILES string of the molecule is COc1nc(OC(F)F)ccc1-c1ccc2cnc(CNC(=O)c3cc(Cl)c4c(c3)S(=O)(=O)[C@@H](F)COC4)cc2n1. The van der Waals surface area contributed by atoms with Crippen molar-refractivity contribution in [2.45, 2.75) is 30.2 Å². The molecule has 0 saturated carbocycles. The fourth-order valence-corrected chi connectivity index (χ4v) is 5.81. The number of ether oxygens (including phenoxy) is 3. The van der Waals surface area contributed by atoms with Crippen LogP contribution in [0.5, 0.6) is 11.8 Å². The summed E-state index contributed by atoms with van der Waals surface area (Å²) in [5.41, 5.74) is -0.481. The Bertz CT molecular complexity index is 1760. The number of sulfone groups is 1. The molecule has 1 aliphatic rings. The van der Waals surface area contributed by atoms with Crippen molar-refractivity contribution in [1.82, 2.24) is 20.3 Å². The van der Waals surface area contributed by atoms with Crippen LogP contribution in [0.2, 0.25) is 5.02 Å². The second kappa shape index (κ2) is 11.5. The summed E-state index contributed by atoms with van der Waals surface area (Å²) < 4.78 is 79.0. The number of hydrogen-bond donors (Lipinski definition) is 1. The number of carbonyl (C=O) groups is 1. The van der Waals surface area contributed by atoms with Crippen molar-refractivity contribution in [3.63, 3.8) is 0 Å². The third kappa shape index (κ3) is 5.89. The monoisotopic (exact) mass is 608 g/mol. The summed E-state index contributed by atoms with van der Waals surface area (Å²) in [7, 11) is -3.06. The molecule has 0 spiro atoms. The predicted molar refractivity (Wildman–Crippen MR) is 140 cm³/mol. The van der Waals surface area contributed by atoms with Crippen LogP contribution in [0.1, 0.15) is 21.6 Å². The summed E-state index contributed by atoms with van der Waals surface area (Å²) in [4.78, 5) is 25.3. The Morgan fingerprint density at radius 3 is 2.76 bits per heavy atom. The highest BCUT2D eigenvalue weighted by Crippen LogP contribution is 2.33. The molecule has 0 fully saturated rings. The van der Waals surface area contributed by atoms with Crippen LogP contribution in [0.4, 0.5) is 13.2 Å². The zero-order chi connectivity index (χ0) is 29.3. The molecule has 0 bridgehead atoms. The largest absolute Gasteiger partial charge is 0.480 e. The van der Waals surface area contributed by atoms with E-state index in [9.17, 15) is 26.4 Å². The van der Waals surface area contributed by atoms with Crippen molar-refractivity contribution in [2.24, 2.45) is 0 Å². The molecule has 10 nitrogen and oxygen atoms in total. The quantitative estimate of drug-likeness (QED) is 0.323. The van der Waals surface area contributed by atoms with E-state index in [0.717, 1.165) is 6.07 Å². The van der Waals surface area contributed by atoms with E-state index in [0.29, 0.717) is 27.9 Å². The standard InChI is InChI=1S/C26H20ClF3N4O6S/c1-38-25-16(3-5-23(34-25)40-26(29)30)19-4-2-13-9-31-15(8-20(13)33-19)10-32-24(35)14-6-18(27)17-11-39-12-22(28)41(36,37)21(17)7-14/h2-9,22,26H,10-12H2,1H3,(H,32,35)/t22-/m1/s1. The van der Waals surface area contributed by atoms with Gasteiger partial charge in [-0.2, -0.15) is 13.8 Å². The fraction of sp³-hybridized carbons (Fsp3) is 0.231. The number of nitrogens with one attached hydrogen (secondary N) is 1. The summed E-state index contributed by atoms with van der Waals surface area (Å²) >= 11 is 6.22. The van der Waals surface area contributed by atoms with Crippen LogP contribution in [0.3, 0.4) is 0 Å². The molecule has 5 rings (SSSR count). The summed E-state index contributed by atoms with van der Waals surface area (Å²) in [6, 6.07) is 10.2. The minimum atomic E-state index is -4.40. The second-order valence-corrected chi connectivity index (χ2v) is 11.2. The Morgan fingerprint density at radius 2 is 2.00 bits per heavy atom. The molecule has 41 heavy (non-hydrogen) atoms. The number of methoxy groups -OCH3 is 1. The van der Waals surface area contributed by atoms with Gasteiger partial charge in [-0.1, -0.05) is 11.6 Å². The van der Waals surface area contributed by atoms with Crippen LogP contribution >= 0.6 is 11.6 Å². The smallest absolute Gasteiger partial charge is 0.388 e. The highest BCUT2D eigenvalue weighted by molar-refractivity contribution is 7.92. The van der Waals surface area contributed by atoms with Gasteiger partial charge >= 0.3 is 6.61 Å². The van der Waals surface area contributed by atoms with E-state index in [2.05, 4.69) is 25.0 Å². The van der Waals surface area contributed by atoms with Crippen LogP contribution in [0.15, 0.2) is 53.6 Å². The summed E-state index contributed by atoms with van der Waals surface area (Å²) in [5.74, 6) is -0.936. The molecule has 4 aromatic rings. The van der Waals surface area contributed by atoms with E-state index >= 15 is 0 Å². The Labute approximate surface area is 236 Å². The summed E-state index contributed by atoms with van der Waals surface area (Å²) in [6.45, 7) is -3.94. The Hall–Kier alpha value is -4.01. The number of fused-ring (bicyclic) bond motifs is 2. The first-order chi connectivity index (χ1) is 19.6. The van der Waals surface area contributed by atoms with Gasteiger partial charge in [-0.3, -0.25) is 9.78 Å². The van der Waals surface area contributed by atoms with Gasteiger partial charge in [0.15, 0.2) is 0 Å². The normalized spacial score (nSPS) is 16.2. The van der Waals surface area contributed by atoms with Gasteiger partial charge in [0.25, 0.3) is 5.91 Å². The second-order valence-electron chi connectivity index (χ2n) is 8.74. The molecule has 1 amide bonds. The van der Waals surface area contributed by atoms with E-state index in [1.54, 1.807) is 24.4 Å². The van der Waals surface area contributed by atoms with E-state index < -0.39 is 34.5 Å². The number of benzene rings is 1. The molecular formula is C26H20ClF3N4O6S. The van der Waals surface area contributed by atoms with Gasteiger partial charge in [0.2, 0.25) is 27.1 Å². The highest BCUT2D eigenvalue weighted by atomic mass is 35.5. The highest BCUT2D eigenvalue weighted by Gasteiger charge is 2.34. The summed E-state index contributed by atoms with van der Waals surface area (Å²) in [5, 5.41) is 3.28. The topological polar surface area (TPSA) is 130 Å². The van der Waals surface area contributed by atoms with Crippen molar-refractivity contribution in [1.29, 1.82) is 0 Å². The van der Waals surface area contributed by atoms with Gasteiger partial charge in [0.1, 0.15) is 0 Å². The van der Waals surface area contributed by atoms with Crippen molar-refractivity contribution in [2.75, 3.05) is 13.7 Å². The zero-order valence-electron chi connectivity index (χ0n) is 21.1. The maximum absolute atomic E-state index is 14.2. The molecule has 1 N–H and O–H groups in total. The number of amides is 1. The lowest BCUT2D eigenvalue weighted by Gasteiger charge is -2.12. The molecule has 1 aromatic carbocycles. The van der Waals surface area contributed by atoms with Gasteiger partial charge in [-0.15, -0.1) is 0 Å². The Kier molecular flexibility index (Phi) is 7.98. The van der Waals surface area contributed by atoms with Crippen LogP contribution in [-0.2, 0) is 27.7 Å². The van der Waals surface area contributed by atoms with Crippen molar-refractivity contribution in [3.05, 3.63) is 70.5 Å². The minimum Gasteiger partial charge on any atom is -0.480 e. The number of aromatic nitrogens is 3. The Morgan fingerprint density at radius 1 is 1.20 bits per heavy atom. The molecule has 214 valence electrons. The summed E-state index contributed by atoms with van der Waals surface area (Å²) in [6.07, 6.45) is 1.55. The number of halogens is 4. The maximum Gasteiger partial charge on any atom is 0.388 e. The first-order valence-corrected chi connectivity index (χ1v) is 13.8. The van der Waals surface area contributed by atoms with Gasteiger partial charge < -0.3 is 19.5 Å². The van der Waals surface area contributed by atoms with Gasteiger partial charge in [-0.25, -0.2) is 17.8 Å². The average Bonchev–Trinajstić information content (AvgIpc) is 3.06. The number of carbonyl (C=O) groups excluding carboxylic acids is 1. The third-order valence-corrected chi connectivity index (χ3v) is 8.25. The number of nitrogens with zero attached hydrogens (tertiary/aromatic N) is 3. The molecule has 0 unspecified atom stereocenters. The number of hydrogen-bond acceptors (Lipinski definition) is 9. The average molecular weight is 609 g/mol. The van der Waals surface area contributed by atoms with E-state index in [1.165, 1.54) is 25.3 Å². The zero-order valence-corrected chi connectivity index (χ0v) is 22.7. The lowest BCUT2D eigenvalue weighted by molar-refractivity contribution is -0.0530. The van der Waals surface area contributed by atoms with E-state index in [-0.39, 0.29) is 46.0 Å². The molecule has 1 atom stereocenters. The molecule has 0 aliphatic carbocycles. The lowest BCUT2D eigenvalue weighted by Crippen LogP contribution is -2.24. The van der Waals surface area contributed by atoms with Crippen LogP contribution < -0.4 is 14.8 Å². The van der Waals surface area contributed by atoms with Crippen molar-refractivity contribution >= 4 is 38.2 Å². The fourth-order valence-electron chi connectivity index (χ4n) is 4.13. The van der Waals surface area contributed by atoms with E-state index in [1.807, 2.05) is 0 Å². The lowest BCUT2D eigenvalue weighted by atomic mass is 10.1. The van der Waals surface area contributed by atoms with Gasteiger partial charge in [-0.05, 0) is 36.4 Å². The van der Waals surface area contributed by atoms with Crippen LogP contribution in [-0.4, -0.2) is 55.1 Å². The Balaban J connectivity index is 1.38. The maximum atomic E-state index is 14.2. The molecule has 0 radical (unpaired) electrons. The van der Waals surface area contributed by atoms with E-state index in [4.69, 9.17) is 21.1 Å².